The molecule has 3 heterocycles. The van der Waals surface area contributed by atoms with Crippen molar-refractivity contribution in [1.29, 1.82) is 0 Å². The number of hydrogen-bond acceptors (Lipinski definition) is 5. The van der Waals surface area contributed by atoms with Gasteiger partial charge in [-0.1, -0.05) is 6.07 Å². The van der Waals surface area contributed by atoms with Gasteiger partial charge in [0.05, 0.1) is 17.9 Å². The van der Waals surface area contributed by atoms with Crippen LogP contribution in [0.5, 0.6) is 0 Å². The van der Waals surface area contributed by atoms with Crippen LogP contribution in [0.1, 0.15) is 32.7 Å². The summed E-state index contributed by atoms with van der Waals surface area (Å²) >= 11 is 0. The van der Waals surface area contributed by atoms with Gasteiger partial charge in [-0.25, -0.2) is 9.67 Å². The highest BCUT2D eigenvalue weighted by Gasteiger charge is 2.24. The third-order valence-electron chi connectivity index (χ3n) is 4.71. The third-order valence-corrected chi connectivity index (χ3v) is 4.71. The summed E-state index contributed by atoms with van der Waals surface area (Å²) < 4.78 is 1.63. The van der Waals surface area contributed by atoms with E-state index in [1.165, 1.54) is 0 Å². The second kappa shape index (κ2) is 7.03. The van der Waals surface area contributed by atoms with Gasteiger partial charge in [0.25, 0.3) is 5.56 Å². The standard InChI is InChI=1S/C18H25N5O/c1-14(2)21(3)16-11-18(24)23(20-12-16)15-7-6-10-22(13-15)17-8-4-5-9-19-17/h4-5,8-9,11-12,14-15H,6-7,10,13H2,1-3H3/t15-/m0/s1. The second-order valence-electron chi connectivity index (χ2n) is 6.63. The molecule has 1 saturated heterocycles. The molecule has 1 aliphatic rings. The molecule has 0 aliphatic carbocycles. The Hall–Kier alpha value is -2.37. The van der Waals surface area contributed by atoms with E-state index in [-0.39, 0.29) is 11.6 Å². The van der Waals surface area contributed by atoms with Crippen molar-refractivity contribution in [2.75, 3.05) is 29.9 Å². The molecule has 6 nitrogen and oxygen atoms in total. The molecule has 0 amide bonds. The summed E-state index contributed by atoms with van der Waals surface area (Å²) in [5, 5.41) is 4.45. The number of anilines is 2. The van der Waals surface area contributed by atoms with Crippen molar-refractivity contribution in [2.24, 2.45) is 0 Å². The molecule has 0 aromatic carbocycles. The zero-order valence-corrected chi connectivity index (χ0v) is 14.6. The van der Waals surface area contributed by atoms with Crippen LogP contribution in [0.4, 0.5) is 11.5 Å². The maximum Gasteiger partial charge on any atom is 0.269 e. The van der Waals surface area contributed by atoms with Crippen molar-refractivity contribution < 1.29 is 0 Å². The van der Waals surface area contributed by atoms with Crippen molar-refractivity contribution in [3.63, 3.8) is 0 Å². The van der Waals surface area contributed by atoms with Gasteiger partial charge < -0.3 is 9.80 Å². The monoisotopic (exact) mass is 327 g/mol. The molecule has 0 radical (unpaired) electrons. The molecule has 0 unspecified atom stereocenters. The van der Waals surface area contributed by atoms with E-state index in [2.05, 4.69) is 33.7 Å². The summed E-state index contributed by atoms with van der Waals surface area (Å²) in [5.41, 5.74) is 0.830. The average molecular weight is 327 g/mol. The van der Waals surface area contributed by atoms with Crippen LogP contribution in [0, 0.1) is 0 Å². The van der Waals surface area contributed by atoms with Crippen LogP contribution in [0.25, 0.3) is 0 Å². The van der Waals surface area contributed by atoms with Gasteiger partial charge in [-0.2, -0.15) is 5.10 Å². The van der Waals surface area contributed by atoms with Gasteiger partial charge in [-0.15, -0.1) is 0 Å². The lowest BCUT2D eigenvalue weighted by Gasteiger charge is -2.34. The third kappa shape index (κ3) is 3.42. The first-order valence-electron chi connectivity index (χ1n) is 8.54. The Morgan fingerprint density at radius 3 is 2.83 bits per heavy atom. The molecule has 0 spiro atoms. The molecule has 24 heavy (non-hydrogen) atoms. The van der Waals surface area contributed by atoms with E-state index in [0.29, 0.717) is 6.04 Å². The summed E-state index contributed by atoms with van der Waals surface area (Å²) in [6, 6.07) is 8.03. The van der Waals surface area contributed by atoms with Crippen LogP contribution in [-0.4, -0.2) is 40.9 Å². The fourth-order valence-corrected chi connectivity index (χ4v) is 3.08. The molecule has 0 bridgehead atoms. The lowest BCUT2D eigenvalue weighted by molar-refractivity contribution is 0.361. The lowest BCUT2D eigenvalue weighted by Crippen LogP contribution is -2.41. The van der Waals surface area contributed by atoms with E-state index in [0.717, 1.165) is 37.4 Å². The Kier molecular flexibility index (Phi) is 4.83. The van der Waals surface area contributed by atoms with E-state index in [1.807, 2.05) is 25.2 Å². The molecular weight excluding hydrogens is 302 g/mol. The molecule has 128 valence electrons. The van der Waals surface area contributed by atoms with Crippen LogP contribution in [0.2, 0.25) is 0 Å². The number of piperidine rings is 1. The Labute approximate surface area is 142 Å². The van der Waals surface area contributed by atoms with Crippen molar-refractivity contribution in [3.8, 4) is 0 Å². The Morgan fingerprint density at radius 2 is 2.17 bits per heavy atom. The van der Waals surface area contributed by atoms with Crippen molar-refractivity contribution in [3.05, 3.63) is 47.0 Å². The van der Waals surface area contributed by atoms with Crippen molar-refractivity contribution in [1.82, 2.24) is 14.8 Å². The van der Waals surface area contributed by atoms with Gasteiger partial charge in [-0.3, -0.25) is 4.79 Å². The quantitative estimate of drug-likeness (QED) is 0.863. The van der Waals surface area contributed by atoms with Gasteiger partial charge in [0, 0.05) is 38.4 Å². The molecule has 1 fully saturated rings. The number of aromatic nitrogens is 3. The fraction of sp³-hybridized carbons (Fsp3) is 0.500. The maximum absolute atomic E-state index is 12.5. The van der Waals surface area contributed by atoms with E-state index >= 15 is 0 Å². The minimum Gasteiger partial charge on any atom is -0.371 e. The zero-order valence-electron chi connectivity index (χ0n) is 14.6. The molecular formula is C18H25N5O. The molecule has 3 rings (SSSR count). The topological polar surface area (TPSA) is 54.3 Å². The van der Waals surface area contributed by atoms with Gasteiger partial charge in [-0.05, 0) is 38.8 Å². The van der Waals surface area contributed by atoms with Crippen LogP contribution >= 0.6 is 0 Å². The number of hydrogen-bond donors (Lipinski definition) is 0. The number of rotatable bonds is 4. The molecule has 2 aromatic rings. The summed E-state index contributed by atoms with van der Waals surface area (Å²) in [6.07, 6.45) is 5.60. The highest BCUT2D eigenvalue weighted by atomic mass is 16.1. The molecule has 1 atom stereocenters. The van der Waals surface area contributed by atoms with Crippen molar-refractivity contribution in [2.45, 2.75) is 38.8 Å². The van der Waals surface area contributed by atoms with E-state index in [1.54, 1.807) is 23.1 Å². The first kappa shape index (κ1) is 16.5. The predicted molar refractivity (Wildman–Crippen MR) is 96.8 cm³/mol. The average Bonchev–Trinajstić information content (AvgIpc) is 2.61. The van der Waals surface area contributed by atoms with Crippen LogP contribution in [0.15, 0.2) is 41.5 Å². The van der Waals surface area contributed by atoms with E-state index < -0.39 is 0 Å². The maximum atomic E-state index is 12.5. The zero-order chi connectivity index (χ0) is 17.1. The summed E-state index contributed by atoms with van der Waals surface area (Å²) in [7, 11) is 1.98. The van der Waals surface area contributed by atoms with Crippen LogP contribution in [0.3, 0.4) is 0 Å². The Morgan fingerprint density at radius 1 is 1.33 bits per heavy atom. The Bertz CT molecular complexity index is 728. The molecule has 0 saturated carbocycles. The molecule has 0 N–H and O–H groups in total. The van der Waals surface area contributed by atoms with Gasteiger partial charge in [0.1, 0.15) is 5.82 Å². The lowest BCUT2D eigenvalue weighted by atomic mass is 10.1. The van der Waals surface area contributed by atoms with Gasteiger partial charge in [0.15, 0.2) is 0 Å². The summed E-state index contributed by atoms with van der Waals surface area (Å²) in [6.45, 7) is 5.93. The highest BCUT2D eigenvalue weighted by Crippen LogP contribution is 2.23. The van der Waals surface area contributed by atoms with Crippen molar-refractivity contribution >= 4 is 11.5 Å². The smallest absolute Gasteiger partial charge is 0.269 e. The van der Waals surface area contributed by atoms with E-state index in [9.17, 15) is 4.79 Å². The second-order valence-corrected chi connectivity index (χ2v) is 6.63. The van der Waals surface area contributed by atoms with Crippen LogP contribution < -0.4 is 15.4 Å². The van der Waals surface area contributed by atoms with E-state index in [4.69, 9.17) is 0 Å². The first-order valence-corrected chi connectivity index (χ1v) is 8.54. The normalized spacial score (nSPS) is 18.0. The Balaban J connectivity index is 1.80. The predicted octanol–water partition coefficient (Wildman–Crippen LogP) is 2.32. The number of pyridine rings is 1. The molecule has 1 aliphatic heterocycles. The number of nitrogens with zero attached hydrogens (tertiary/aromatic N) is 5. The fourth-order valence-electron chi connectivity index (χ4n) is 3.08. The van der Waals surface area contributed by atoms with Crippen LogP contribution in [-0.2, 0) is 0 Å². The SMILES string of the molecule is CC(C)N(C)c1cnn([C@H]2CCCN(c3ccccn3)C2)c(=O)c1. The summed E-state index contributed by atoms with van der Waals surface area (Å²) in [4.78, 5) is 21.3. The summed E-state index contributed by atoms with van der Waals surface area (Å²) in [5.74, 6) is 0.964. The first-order chi connectivity index (χ1) is 11.6. The van der Waals surface area contributed by atoms with Gasteiger partial charge in [0.2, 0.25) is 0 Å². The molecule has 2 aromatic heterocycles. The van der Waals surface area contributed by atoms with Gasteiger partial charge >= 0.3 is 0 Å². The molecule has 6 heteroatoms. The minimum absolute atomic E-state index is 0.0344. The highest BCUT2D eigenvalue weighted by molar-refractivity contribution is 5.43. The largest absolute Gasteiger partial charge is 0.371 e. The minimum atomic E-state index is -0.0344.